The molecule has 2 aromatic carbocycles. The summed E-state index contributed by atoms with van der Waals surface area (Å²) in [5.74, 6) is -2.27. The molecule has 1 saturated carbocycles. The Morgan fingerprint density at radius 2 is 1.64 bits per heavy atom. The minimum Gasteiger partial charge on any atom is -0.395 e. The first-order chi connectivity index (χ1) is 11.9. The molecule has 1 N–H and O–H groups in total. The largest absolute Gasteiger partial charge is 0.395 e. The second-order valence-corrected chi connectivity index (χ2v) is 8.00. The van der Waals surface area contributed by atoms with E-state index < -0.39 is 39.2 Å². The molecule has 0 bridgehead atoms. The molecule has 1 aliphatic carbocycles. The molecule has 1 fully saturated rings. The third kappa shape index (κ3) is 3.73. The molecule has 0 radical (unpaired) electrons. The number of nitrogens with zero attached hydrogens (tertiary/aromatic N) is 1. The minimum atomic E-state index is -4.45. The molecule has 0 heterocycles. The first-order valence-electron chi connectivity index (χ1n) is 8.05. The van der Waals surface area contributed by atoms with Crippen molar-refractivity contribution < 1.29 is 22.3 Å². The van der Waals surface area contributed by atoms with Gasteiger partial charge in [-0.05, 0) is 36.5 Å². The van der Waals surface area contributed by atoms with Gasteiger partial charge in [0.2, 0.25) is 10.0 Å². The number of hydrogen-bond acceptors (Lipinski definition) is 3. The molecule has 0 aliphatic heterocycles. The van der Waals surface area contributed by atoms with Crippen molar-refractivity contribution in [2.24, 2.45) is 5.92 Å². The van der Waals surface area contributed by atoms with Gasteiger partial charge in [0.15, 0.2) is 4.90 Å². The fraction of sp³-hybridized carbons (Fsp3) is 0.333. The normalized spacial score (nSPS) is 16.2. The molecule has 2 aromatic rings. The van der Waals surface area contributed by atoms with E-state index in [1.807, 2.05) is 0 Å². The van der Waals surface area contributed by atoms with Crippen LogP contribution in [-0.2, 0) is 16.6 Å². The van der Waals surface area contributed by atoms with E-state index in [-0.39, 0.29) is 12.5 Å². The predicted octanol–water partition coefficient (Wildman–Crippen LogP) is 2.93. The minimum absolute atomic E-state index is 0.00155. The molecule has 7 heteroatoms. The van der Waals surface area contributed by atoms with E-state index in [2.05, 4.69) is 0 Å². The third-order valence-corrected chi connectivity index (χ3v) is 6.31. The van der Waals surface area contributed by atoms with Gasteiger partial charge in [0.25, 0.3) is 0 Å². The Balaban J connectivity index is 2.06. The topological polar surface area (TPSA) is 57.6 Å². The van der Waals surface area contributed by atoms with E-state index in [1.165, 1.54) is 0 Å². The van der Waals surface area contributed by atoms with Crippen molar-refractivity contribution in [3.05, 3.63) is 65.7 Å². The van der Waals surface area contributed by atoms with Gasteiger partial charge in [-0.3, -0.25) is 0 Å². The zero-order valence-corrected chi connectivity index (χ0v) is 14.3. The van der Waals surface area contributed by atoms with Crippen LogP contribution < -0.4 is 0 Å². The van der Waals surface area contributed by atoms with Gasteiger partial charge in [-0.2, -0.15) is 4.31 Å². The van der Waals surface area contributed by atoms with Gasteiger partial charge in [0.1, 0.15) is 11.6 Å². The summed E-state index contributed by atoms with van der Waals surface area (Å²) >= 11 is 0. The van der Waals surface area contributed by atoms with Crippen LogP contribution in [0.2, 0.25) is 0 Å². The van der Waals surface area contributed by atoms with E-state index >= 15 is 0 Å². The highest BCUT2D eigenvalue weighted by atomic mass is 32.2. The second kappa shape index (κ2) is 7.19. The van der Waals surface area contributed by atoms with E-state index in [0.29, 0.717) is 5.56 Å². The first kappa shape index (κ1) is 18.0. The van der Waals surface area contributed by atoms with Crippen LogP contribution in [0.5, 0.6) is 0 Å². The lowest BCUT2D eigenvalue weighted by Gasteiger charge is -2.30. The van der Waals surface area contributed by atoms with Crippen LogP contribution in [0.15, 0.2) is 53.4 Å². The summed E-state index contributed by atoms with van der Waals surface area (Å²) in [7, 11) is -4.45. The van der Waals surface area contributed by atoms with Crippen LogP contribution in [0.1, 0.15) is 18.4 Å². The Morgan fingerprint density at radius 3 is 2.16 bits per heavy atom. The lowest BCUT2D eigenvalue weighted by atomic mass is 10.1. The monoisotopic (exact) mass is 367 g/mol. The zero-order valence-electron chi connectivity index (χ0n) is 13.5. The molecule has 134 valence electrons. The van der Waals surface area contributed by atoms with Gasteiger partial charge >= 0.3 is 0 Å². The Bertz CT molecular complexity index is 818. The van der Waals surface area contributed by atoms with E-state index in [0.717, 1.165) is 35.3 Å². The summed E-state index contributed by atoms with van der Waals surface area (Å²) in [4.78, 5) is -0.968. The summed E-state index contributed by atoms with van der Waals surface area (Å²) < 4.78 is 55.4. The van der Waals surface area contributed by atoms with Gasteiger partial charge < -0.3 is 5.11 Å². The number of benzene rings is 2. The van der Waals surface area contributed by atoms with Gasteiger partial charge in [-0.1, -0.05) is 36.4 Å². The van der Waals surface area contributed by atoms with E-state index in [4.69, 9.17) is 0 Å². The fourth-order valence-electron chi connectivity index (χ4n) is 2.95. The van der Waals surface area contributed by atoms with Crippen LogP contribution in [-0.4, -0.2) is 30.5 Å². The number of rotatable bonds is 7. The number of aliphatic hydroxyl groups excluding tert-OH is 1. The Morgan fingerprint density at radius 1 is 1.04 bits per heavy atom. The molecule has 0 spiro atoms. The molecule has 1 unspecified atom stereocenters. The molecule has 3 rings (SSSR count). The highest BCUT2D eigenvalue weighted by Crippen LogP contribution is 2.38. The first-order valence-corrected chi connectivity index (χ1v) is 9.50. The number of hydrogen-bond donors (Lipinski definition) is 1. The molecule has 0 amide bonds. The van der Waals surface area contributed by atoms with Crippen LogP contribution in [0, 0.1) is 17.6 Å². The highest BCUT2D eigenvalue weighted by molar-refractivity contribution is 7.89. The summed E-state index contributed by atoms with van der Waals surface area (Å²) in [5.41, 5.74) is 0.682. The van der Waals surface area contributed by atoms with E-state index in [9.17, 15) is 22.3 Å². The van der Waals surface area contributed by atoms with Crippen molar-refractivity contribution in [3.63, 3.8) is 0 Å². The lowest BCUT2D eigenvalue weighted by Crippen LogP contribution is -2.43. The summed E-state index contributed by atoms with van der Waals surface area (Å²) in [6, 6.07) is 11.0. The fourth-order valence-corrected chi connectivity index (χ4v) is 4.72. The Labute approximate surface area is 145 Å². The van der Waals surface area contributed by atoms with Gasteiger partial charge in [-0.15, -0.1) is 0 Å². The van der Waals surface area contributed by atoms with Crippen molar-refractivity contribution in [2.45, 2.75) is 30.3 Å². The zero-order chi connectivity index (χ0) is 18.0. The molecule has 25 heavy (non-hydrogen) atoms. The molecular formula is C18H19F2NO3S. The van der Waals surface area contributed by atoms with Gasteiger partial charge in [0.05, 0.1) is 12.6 Å². The number of aliphatic hydroxyl groups is 1. The molecular weight excluding hydrogens is 348 g/mol. The maximum atomic E-state index is 14.1. The summed E-state index contributed by atoms with van der Waals surface area (Å²) in [6.07, 6.45) is 1.57. The molecule has 1 atom stereocenters. The van der Waals surface area contributed by atoms with Crippen molar-refractivity contribution in [2.75, 3.05) is 6.61 Å². The molecule has 1 aliphatic rings. The van der Waals surface area contributed by atoms with E-state index in [1.54, 1.807) is 30.3 Å². The average molecular weight is 367 g/mol. The van der Waals surface area contributed by atoms with Gasteiger partial charge in [-0.25, -0.2) is 17.2 Å². The van der Waals surface area contributed by atoms with Crippen LogP contribution in [0.25, 0.3) is 0 Å². The standard InChI is InChI=1S/C18H19F2NO3S/c19-15-7-4-8-16(20)18(15)25(23,24)21(17(12-22)14-9-10-14)11-13-5-2-1-3-6-13/h1-8,14,17,22H,9-12H2. The van der Waals surface area contributed by atoms with Crippen LogP contribution in [0.4, 0.5) is 8.78 Å². The van der Waals surface area contributed by atoms with Crippen molar-refractivity contribution in [3.8, 4) is 0 Å². The third-order valence-electron chi connectivity index (χ3n) is 4.39. The maximum absolute atomic E-state index is 14.1. The SMILES string of the molecule is O=S(=O)(c1c(F)cccc1F)N(Cc1ccccc1)C(CO)C1CC1. The highest BCUT2D eigenvalue weighted by Gasteiger charge is 2.42. The lowest BCUT2D eigenvalue weighted by molar-refractivity contribution is 0.166. The predicted molar refractivity (Wildman–Crippen MR) is 89.1 cm³/mol. The Kier molecular flexibility index (Phi) is 5.17. The van der Waals surface area contributed by atoms with Crippen LogP contribution >= 0.6 is 0 Å². The molecule has 0 aromatic heterocycles. The quantitative estimate of drug-likeness (QED) is 0.819. The molecule has 4 nitrogen and oxygen atoms in total. The smallest absolute Gasteiger partial charge is 0.249 e. The number of halogens is 2. The Hall–Kier alpha value is -1.83. The molecule has 0 saturated heterocycles. The second-order valence-electron chi connectivity index (χ2n) is 6.17. The van der Waals surface area contributed by atoms with Crippen molar-refractivity contribution in [1.29, 1.82) is 0 Å². The summed E-state index contributed by atoms with van der Waals surface area (Å²) in [5, 5.41) is 9.74. The average Bonchev–Trinajstić information content (AvgIpc) is 3.40. The summed E-state index contributed by atoms with van der Waals surface area (Å²) in [6.45, 7) is -0.453. The van der Waals surface area contributed by atoms with Crippen molar-refractivity contribution >= 4 is 10.0 Å². The van der Waals surface area contributed by atoms with Crippen LogP contribution in [0.3, 0.4) is 0 Å². The maximum Gasteiger partial charge on any atom is 0.249 e. The van der Waals surface area contributed by atoms with Gasteiger partial charge in [0, 0.05) is 6.54 Å². The number of sulfonamides is 1. The van der Waals surface area contributed by atoms with Crippen molar-refractivity contribution in [1.82, 2.24) is 4.31 Å².